The van der Waals surface area contributed by atoms with Crippen molar-refractivity contribution >= 4 is 40.1 Å². The fourth-order valence-electron chi connectivity index (χ4n) is 4.53. The molecule has 0 saturated carbocycles. The number of methoxy groups -OCH3 is 2. The number of hydrogen-bond acceptors (Lipinski definition) is 6. The quantitative estimate of drug-likeness (QED) is 0.336. The summed E-state index contributed by atoms with van der Waals surface area (Å²) in [4.78, 5) is 41.0. The van der Waals surface area contributed by atoms with E-state index in [-0.39, 0.29) is 16.8 Å². The number of amides is 1. The molecule has 3 aromatic carbocycles. The largest absolute Gasteiger partial charge is 0.495 e. The van der Waals surface area contributed by atoms with Gasteiger partial charge in [0.25, 0.3) is 5.91 Å². The van der Waals surface area contributed by atoms with E-state index in [9.17, 15) is 14.4 Å². The van der Waals surface area contributed by atoms with Crippen LogP contribution in [-0.2, 0) is 4.74 Å². The third-order valence-electron chi connectivity index (χ3n) is 6.55. The van der Waals surface area contributed by atoms with Crippen molar-refractivity contribution in [2.45, 2.75) is 19.9 Å². The van der Waals surface area contributed by atoms with Gasteiger partial charge in [0, 0.05) is 5.69 Å². The SMILES string of the molecule is COC(=O)c1ccc(C2c3c(oc4cc(C)c(C)cc4c3=O)C(=O)N2c2ccc(OC)c(Cl)c2)cc1. The number of anilines is 1. The average molecular weight is 504 g/mol. The van der Waals surface area contributed by atoms with Crippen LogP contribution in [0, 0.1) is 13.8 Å². The van der Waals surface area contributed by atoms with Crippen LogP contribution in [0.2, 0.25) is 5.02 Å². The third-order valence-corrected chi connectivity index (χ3v) is 6.84. The summed E-state index contributed by atoms with van der Waals surface area (Å²) in [6, 6.07) is 14.3. The molecule has 1 aliphatic heterocycles. The monoisotopic (exact) mass is 503 g/mol. The molecule has 1 aliphatic rings. The maximum Gasteiger partial charge on any atom is 0.337 e. The number of carbonyl (C=O) groups is 2. The first-order chi connectivity index (χ1) is 17.2. The van der Waals surface area contributed by atoms with Crippen LogP contribution in [0.5, 0.6) is 5.75 Å². The zero-order valence-electron chi connectivity index (χ0n) is 20.0. The van der Waals surface area contributed by atoms with Crippen LogP contribution in [0.3, 0.4) is 0 Å². The standard InChI is InChI=1S/C28H22ClNO6/c1-14-11-19-22(12-15(14)2)36-26-23(25(19)31)24(16-5-7-17(8-6-16)28(33)35-4)30(27(26)32)18-9-10-21(34-3)20(29)13-18/h5-13,24H,1-4H3. The number of benzene rings is 3. The van der Waals surface area contributed by atoms with Crippen LogP contribution < -0.4 is 15.1 Å². The molecule has 0 radical (unpaired) electrons. The van der Waals surface area contributed by atoms with E-state index in [0.29, 0.717) is 38.6 Å². The molecular weight excluding hydrogens is 482 g/mol. The van der Waals surface area contributed by atoms with E-state index in [1.807, 2.05) is 13.8 Å². The Labute approximate surface area is 211 Å². The molecule has 1 atom stereocenters. The molecule has 1 unspecified atom stereocenters. The molecule has 8 heteroatoms. The molecule has 1 aromatic heterocycles. The topological polar surface area (TPSA) is 86.0 Å². The van der Waals surface area contributed by atoms with Crippen molar-refractivity contribution in [3.8, 4) is 5.75 Å². The van der Waals surface area contributed by atoms with Crippen molar-refractivity contribution in [2.75, 3.05) is 19.1 Å². The highest BCUT2D eigenvalue weighted by Crippen LogP contribution is 2.43. The Morgan fingerprint density at radius 2 is 1.67 bits per heavy atom. The van der Waals surface area contributed by atoms with Crippen molar-refractivity contribution in [1.29, 1.82) is 0 Å². The summed E-state index contributed by atoms with van der Waals surface area (Å²) >= 11 is 6.38. The number of ether oxygens (including phenoxy) is 2. The van der Waals surface area contributed by atoms with Gasteiger partial charge < -0.3 is 13.9 Å². The number of aryl methyl sites for hydroxylation is 2. The molecule has 0 spiro atoms. The summed E-state index contributed by atoms with van der Waals surface area (Å²) < 4.78 is 16.1. The number of carbonyl (C=O) groups excluding carboxylic acids is 2. The van der Waals surface area contributed by atoms with Crippen molar-refractivity contribution in [3.63, 3.8) is 0 Å². The van der Waals surface area contributed by atoms with Crippen molar-refractivity contribution in [2.24, 2.45) is 0 Å². The number of esters is 1. The first-order valence-corrected chi connectivity index (χ1v) is 11.6. The zero-order valence-corrected chi connectivity index (χ0v) is 20.8. The van der Waals surface area contributed by atoms with Gasteiger partial charge in [-0.1, -0.05) is 23.7 Å². The van der Waals surface area contributed by atoms with E-state index < -0.39 is 17.9 Å². The summed E-state index contributed by atoms with van der Waals surface area (Å²) in [7, 11) is 2.80. The maximum absolute atomic E-state index is 13.8. The van der Waals surface area contributed by atoms with Crippen LogP contribution in [-0.4, -0.2) is 26.1 Å². The maximum atomic E-state index is 13.8. The second kappa shape index (κ2) is 8.84. The summed E-state index contributed by atoms with van der Waals surface area (Å²) in [5.41, 5.74) is 3.63. The van der Waals surface area contributed by atoms with Gasteiger partial charge in [-0.15, -0.1) is 0 Å². The zero-order chi connectivity index (χ0) is 25.7. The van der Waals surface area contributed by atoms with Crippen LogP contribution in [0.4, 0.5) is 5.69 Å². The normalized spacial score (nSPS) is 14.8. The van der Waals surface area contributed by atoms with E-state index >= 15 is 0 Å². The summed E-state index contributed by atoms with van der Waals surface area (Å²) in [5, 5.41) is 0.713. The second-order valence-corrected chi connectivity index (χ2v) is 9.02. The molecule has 36 heavy (non-hydrogen) atoms. The molecule has 0 bridgehead atoms. The van der Waals surface area contributed by atoms with Crippen LogP contribution in [0.25, 0.3) is 11.0 Å². The Kier molecular flexibility index (Phi) is 5.80. The molecule has 4 aromatic rings. The number of halogens is 1. The molecule has 5 rings (SSSR count). The van der Waals surface area contributed by atoms with Gasteiger partial charge in [0.05, 0.1) is 41.8 Å². The Balaban J connectivity index is 1.77. The van der Waals surface area contributed by atoms with Gasteiger partial charge in [0.1, 0.15) is 11.3 Å². The van der Waals surface area contributed by atoms with Gasteiger partial charge in [0.15, 0.2) is 5.43 Å². The highest BCUT2D eigenvalue weighted by atomic mass is 35.5. The molecule has 0 N–H and O–H groups in total. The highest BCUT2D eigenvalue weighted by Gasteiger charge is 2.44. The van der Waals surface area contributed by atoms with Gasteiger partial charge >= 0.3 is 5.97 Å². The number of fused-ring (bicyclic) bond motifs is 2. The number of nitrogens with zero attached hydrogens (tertiary/aromatic N) is 1. The minimum Gasteiger partial charge on any atom is -0.495 e. The average Bonchev–Trinajstić information content (AvgIpc) is 3.17. The van der Waals surface area contributed by atoms with Crippen molar-refractivity contribution < 1.29 is 23.5 Å². The van der Waals surface area contributed by atoms with Gasteiger partial charge in [-0.25, -0.2) is 4.79 Å². The summed E-state index contributed by atoms with van der Waals surface area (Å²) in [5.74, 6) is -0.524. The van der Waals surface area contributed by atoms with E-state index in [1.54, 1.807) is 54.6 Å². The van der Waals surface area contributed by atoms with E-state index in [2.05, 4.69) is 0 Å². The molecule has 182 valence electrons. The molecule has 0 saturated heterocycles. The lowest BCUT2D eigenvalue weighted by molar-refractivity contribution is 0.0600. The molecule has 0 aliphatic carbocycles. The molecule has 2 heterocycles. The molecule has 7 nitrogen and oxygen atoms in total. The smallest absolute Gasteiger partial charge is 0.337 e. The van der Waals surface area contributed by atoms with Crippen LogP contribution in [0.15, 0.2) is 63.8 Å². The Morgan fingerprint density at radius 3 is 2.31 bits per heavy atom. The first-order valence-electron chi connectivity index (χ1n) is 11.2. The number of hydrogen-bond donors (Lipinski definition) is 0. The number of rotatable bonds is 4. The van der Waals surface area contributed by atoms with Crippen LogP contribution >= 0.6 is 11.6 Å². The second-order valence-electron chi connectivity index (χ2n) is 8.62. The minimum absolute atomic E-state index is 0.0234. The van der Waals surface area contributed by atoms with E-state index in [0.717, 1.165) is 11.1 Å². The summed E-state index contributed by atoms with van der Waals surface area (Å²) in [6.45, 7) is 3.84. The van der Waals surface area contributed by atoms with Gasteiger partial charge in [-0.05, 0) is 73.0 Å². The van der Waals surface area contributed by atoms with Crippen molar-refractivity contribution in [1.82, 2.24) is 0 Å². The Morgan fingerprint density at radius 1 is 0.972 bits per heavy atom. The van der Waals surface area contributed by atoms with Crippen LogP contribution in [0.1, 0.15) is 49.2 Å². The molecule has 0 fully saturated rings. The Hall–Kier alpha value is -4.10. The predicted octanol–water partition coefficient (Wildman–Crippen LogP) is 5.61. The van der Waals surface area contributed by atoms with Crippen molar-refractivity contribution in [3.05, 3.63) is 103 Å². The molecule has 1 amide bonds. The van der Waals surface area contributed by atoms with E-state index in [4.69, 9.17) is 25.5 Å². The molecular formula is C28H22ClNO6. The van der Waals surface area contributed by atoms with E-state index in [1.165, 1.54) is 19.1 Å². The lowest BCUT2D eigenvalue weighted by Gasteiger charge is -2.25. The van der Waals surface area contributed by atoms with Gasteiger partial charge in [-0.2, -0.15) is 0 Å². The third kappa shape index (κ3) is 3.63. The summed E-state index contributed by atoms with van der Waals surface area (Å²) in [6.07, 6.45) is 0. The fourth-order valence-corrected chi connectivity index (χ4v) is 4.79. The fraction of sp³-hybridized carbons (Fsp3) is 0.179. The lowest BCUT2D eigenvalue weighted by Crippen LogP contribution is -2.29. The minimum atomic E-state index is -0.800. The Bertz CT molecular complexity index is 1610. The van der Waals surface area contributed by atoms with Gasteiger partial charge in [-0.3, -0.25) is 14.5 Å². The lowest BCUT2D eigenvalue weighted by atomic mass is 9.96. The first kappa shape index (κ1) is 23.6. The predicted molar refractivity (Wildman–Crippen MR) is 136 cm³/mol. The highest BCUT2D eigenvalue weighted by molar-refractivity contribution is 6.32. The van der Waals surface area contributed by atoms with Gasteiger partial charge in [0.2, 0.25) is 5.76 Å².